The van der Waals surface area contributed by atoms with Crippen LogP contribution < -0.4 is 0 Å². The second-order valence-corrected chi connectivity index (χ2v) is 8.15. The maximum atomic E-state index is 13.4. The summed E-state index contributed by atoms with van der Waals surface area (Å²) in [5, 5.41) is 1.94. The Morgan fingerprint density at radius 2 is 1.83 bits per heavy atom. The predicted molar refractivity (Wildman–Crippen MR) is 112 cm³/mol. The van der Waals surface area contributed by atoms with E-state index in [-0.39, 0.29) is 18.4 Å². The first-order valence-electron chi connectivity index (χ1n) is 9.57. The molecule has 0 bridgehead atoms. The van der Waals surface area contributed by atoms with E-state index in [0.717, 1.165) is 23.4 Å². The van der Waals surface area contributed by atoms with Crippen molar-refractivity contribution in [3.8, 4) is 0 Å². The third kappa shape index (κ3) is 3.15. The predicted octanol–water partition coefficient (Wildman–Crippen LogP) is 3.48. The van der Waals surface area contributed by atoms with Gasteiger partial charge in [-0.25, -0.2) is 0 Å². The molecule has 0 spiro atoms. The van der Waals surface area contributed by atoms with Gasteiger partial charge >= 0.3 is 0 Å². The number of imide groups is 1. The number of amides is 2. The van der Waals surface area contributed by atoms with Crippen molar-refractivity contribution in [2.45, 2.75) is 19.5 Å². The average molecular weight is 401 g/mol. The summed E-state index contributed by atoms with van der Waals surface area (Å²) < 4.78 is 0. The lowest BCUT2D eigenvalue weighted by Gasteiger charge is -2.31. The summed E-state index contributed by atoms with van der Waals surface area (Å²) in [6, 6.07) is 15.8. The van der Waals surface area contributed by atoms with Crippen LogP contribution >= 0.6 is 11.3 Å². The quantitative estimate of drug-likeness (QED) is 0.628. The molecule has 0 fully saturated rings. The zero-order valence-corrected chi connectivity index (χ0v) is 16.6. The topological polar surface area (TPSA) is 53.5 Å². The van der Waals surface area contributed by atoms with Crippen LogP contribution in [0.25, 0.3) is 5.57 Å². The first-order chi connectivity index (χ1) is 14.2. The number of nitrogens with zero attached hydrogens (tertiary/aromatic N) is 3. The maximum absolute atomic E-state index is 13.4. The molecule has 5 nitrogen and oxygen atoms in total. The van der Waals surface area contributed by atoms with Crippen molar-refractivity contribution in [3.05, 3.63) is 93.6 Å². The molecule has 2 aromatic heterocycles. The second-order valence-electron chi connectivity index (χ2n) is 7.20. The van der Waals surface area contributed by atoms with Crippen LogP contribution in [0, 0.1) is 0 Å². The third-order valence-corrected chi connectivity index (χ3v) is 6.31. The van der Waals surface area contributed by atoms with Crippen LogP contribution in [0.5, 0.6) is 0 Å². The van der Waals surface area contributed by atoms with Crippen LogP contribution in [0.15, 0.2) is 72.0 Å². The Bertz CT molecular complexity index is 1110. The summed E-state index contributed by atoms with van der Waals surface area (Å²) >= 11 is 1.49. The first-order valence-corrected chi connectivity index (χ1v) is 10.5. The van der Waals surface area contributed by atoms with Gasteiger partial charge in [0.25, 0.3) is 11.8 Å². The fourth-order valence-corrected chi connectivity index (χ4v) is 4.77. The largest absolute Gasteiger partial charge is 0.362 e. The molecule has 0 aliphatic carbocycles. The number of thiophene rings is 1. The van der Waals surface area contributed by atoms with E-state index in [4.69, 9.17) is 0 Å². The molecule has 0 saturated carbocycles. The molecule has 0 radical (unpaired) electrons. The molecule has 0 N–H and O–H groups in total. The molecular formula is C23H19N3O2S. The number of fused-ring (bicyclic) bond motifs is 1. The minimum absolute atomic E-state index is 0.221. The van der Waals surface area contributed by atoms with Crippen LogP contribution in [0.3, 0.4) is 0 Å². The first kappa shape index (κ1) is 17.8. The number of rotatable bonds is 4. The lowest BCUT2D eigenvalue weighted by molar-refractivity contribution is -0.138. The number of carbonyl (C=O) groups excluding carboxylic acids is 2. The number of hydrogen-bond acceptors (Lipinski definition) is 5. The van der Waals surface area contributed by atoms with Crippen LogP contribution in [0.4, 0.5) is 0 Å². The lowest BCUT2D eigenvalue weighted by Crippen LogP contribution is -2.37. The summed E-state index contributed by atoms with van der Waals surface area (Å²) in [5.41, 5.74) is 4.41. The highest BCUT2D eigenvalue weighted by Gasteiger charge is 2.42. The monoisotopic (exact) mass is 401 g/mol. The van der Waals surface area contributed by atoms with E-state index in [9.17, 15) is 9.59 Å². The zero-order chi connectivity index (χ0) is 19.8. The van der Waals surface area contributed by atoms with E-state index in [1.54, 1.807) is 12.4 Å². The van der Waals surface area contributed by atoms with Crippen molar-refractivity contribution in [3.63, 3.8) is 0 Å². The lowest BCUT2D eigenvalue weighted by atomic mass is 9.99. The van der Waals surface area contributed by atoms with Crippen molar-refractivity contribution in [1.82, 2.24) is 14.8 Å². The van der Waals surface area contributed by atoms with Gasteiger partial charge in [0, 0.05) is 30.4 Å². The maximum Gasteiger partial charge on any atom is 0.278 e. The standard InChI is InChI=1S/C23H19N3O2S/c27-22-20(19-8-4-12-29-19)21(23(28)26(22)14-16-5-3-10-24-13-16)25-11-9-17-6-1-2-7-18(17)15-25/h1-8,10,12-13H,9,11,14-15H2. The van der Waals surface area contributed by atoms with E-state index in [1.165, 1.54) is 27.4 Å². The van der Waals surface area contributed by atoms with E-state index in [0.29, 0.717) is 17.8 Å². The summed E-state index contributed by atoms with van der Waals surface area (Å²) in [6.07, 6.45) is 4.24. The highest BCUT2D eigenvalue weighted by atomic mass is 32.1. The zero-order valence-electron chi connectivity index (χ0n) is 15.7. The highest BCUT2D eigenvalue weighted by Crippen LogP contribution is 2.36. The fourth-order valence-electron chi connectivity index (χ4n) is 4.00. The van der Waals surface area contributed by atoms with Crippen molar-refractivity contribution in [1.29, 1.82) is 0 Å². The molecule has 2 amide bonds. The van der Waals surface area contributed by atoms with Gasteiger partial charge in [0.1, 0.15) is 5.70 Å². The summed E-state index contributed by atoms with van der Waals surface area (Å²) in [7, 11) is 0. The Hall–Kier alpha value is -3.25. The van der Waals surface area contributed by atoms with Crippen LogP contribution in [0.2, 0.25) is 0 Å². The van der Waals surface area contributed by atoms with Crippen molar-refractivity contribution >= 4 is 28.7 Å². The molecule has 0 atom stereocenters. The Kier molecular flexibility index (Phi) is 4.48. The van der Waals surface area contributed by atoms with Gasteiger partial charge in [-0.15, -0.1) is 11.3 Å². The number of carbonyl (C=O) groups is 2. The fraction of sp³-hybridized carbons (Fsp3) is 0.174. The molecule has 4 heterocycles. The van der Waals surface area contributed by atoms with Gasteiger partial charge in [0.2, 0.25) is 0 Å². The SMILES string of the molecule is O=C1C(c2cccs2)=C(N2CCc3ccccc3C2)C(=O)N1Cc1cccnc1. The van der Waals surface area contributed by atoms with Crippen molar-refractivity contribution in [2.24, 2.45) is 0 Å². The second kappa shape index (κ2) is 7.29. The molecule has 3 aromatic rings. The van der Waals surface area contributed by atoms with Gasteiger partial charge in [0.15, 0.2) is 0 Å². The normalized spacial score (nSPS) is 16.6. The van der Waals surface area contributed by atoms with Gasteiger partial charge in [-0.2, -0.15) is 0 Å². The van der Waals surface area contributed by atoms with Gasteiger partial charge in [0.05, 0.1) is 12.1 Å². The van der Waals surface area contributed by atoms with Gasteiger partial charge in [-0.1, -0.05) is 36.4 Å². The Morgan fingerprint density at radius 1 is 0.966 bits per heavy atom. The van der Waals surface area contributed by atoms with E-state index >= 15 is 0 Å². The minimum Gasteiger partial charge on any atom is -0.362 e. The summed E-state index contributed by atoms with van der Waals surface area (Å²) in [5.74, 6) is -0.447. The molecule has 5 rings (SSSR count). The third-order valence-electron chi connectivity index (χ3n) is 5.42. The van der Waals surface area contributed by atoms with Gasteiger partial charge in [-0.05, 0) is 40.6 Å². The highest BCUT2D eigenvalue weighted by molar-refractivity contribution is 7.11. The van der Waals surface area contributed by atoms with Crippen molar-refractivity contribution in [2.75, 3.05) is 6.54 Å². The molecule has 29 heavy (non-hydrogen) atoms. The van der Waals surface area contributed by atoms with Gasteiger partial charge < -0.3 is 4.90 Å². The summed E-state index contributed by atoms with van der Waals surface area (Å²) in [6.45, 7) is 1.59. The van der Waals surface area contributed by atoms with Crippen LogP contribution in [0.1, 0.15) is 21.6 Å². The number of hydrogen-bond donors (Lipinski definition) is 0. The van der Waals surface area contributed by atoms with E-state index in [2.05, 4.69) is 22.0 Å². The minimum atomic E-state index is -0.227. The molecule has 144 valence electrons. The van der Waals surface area contributed by atoms with Gasteiger partial charge in [-0.3, -0.25) is 19.5 Å². The van der Waals surface area contributed by atoms with E-state index in [1.807, 2.05) is 41.8 Å². The average Bonchev–Trinajstić information content (AvgIpc) is 3.37. The molecule has 1 aromatic carbocycles. The molecule has 2 aliphatic rings. The number of aromatic nitrogens is 1. The van der Waals surface area contributed by atoms with Crippen LogP contribution in [-0.4, -0.2) is 33.1 Å². The molecular weight excluding hydrogens is 382 g/mol. The summed E-state index contributed by atoms with van der Waals surface area (Å²) in [4.78, 5) is 35.1. The smallest absolute Gasteiger partial charge is 0.278 e. The molecule has 0 unspecified atom stereocenters. The van der Waals surface area contributed by atoms with Crippen molar-refractivity contribution < 1.29 is 9.59 Å². The number of pyridine rings is 1. The van der Waals surface area contributed by atoms with E-state index < -0.39 is 0 Å². The Labute approximate surface area is 172 Å². The molecule has 2 aliphatic heterocycles. The Balaban J connectivity index is 1.53. The number of benzene rings is 1. The molecule has 6 heteroatoms. The Morgan fingerprint density at radius 3 is 2.59 bits per heavy atom. The van der Waals surface area contributed by atoms with Crippen LogP contribution in [-0.2, 0) is 29.1 Å². The molecule has 0 saturated heterocycles.